The lowest BCUT2D eigenvalue weighted by atomic mass is 9.93. The highest BCUT2D eigenvalue weighted by Gasteiger charge is 2.20. The van der Waals surface area contributed by atoms with Gasteiger partial charge in [0.1, 0.15) is 0 Å². The van der Waals surface area contributed by atoms with Gasteiger partial charge in [-0.25, -0.2) is 0 Å². The van der Waals surface area contributed by atoms with Crippen molar-refractivity contribution in [2.45, 2.75) is 32.7 Å². The molecule has 1 aromatic rings. The van der Waals surface area contributed by atoms with E-state index in [9.17, 15) is 0 Å². The molecule has 1 aromatic carbocycles. The predicted octanol–water partition coefficient (Wildman–Crippen LogP) is 2.46. The van der Waals surface area contributed by atoms with E-state index in [4.69, 9.17) is 10.5 Å². The first kappa shape index (κ1) is 12.2. The van der Waals surface area contributed by atoms with Crippen LogP contribution in [0.5, 0.6) is 0 Å². The Bertz CT molecular complexity index is 290. The molecule has 0 saturated heterocycles. The van der Waals surface area contributed by atoms with Crippen LogP contribution >= 0.6 is 0 Å². The van der Waals surface area contributed by atoms with Gasteiger partial charge in [-0.3, -0.25) is 0 Å². The molecule has 1 rings (SSSR count). The van der Waals surface area contributed by atoms with E-state index in [1.54, 1.807) is 0 Å². The summed E-state index contributed by atoms with van der Waals surface area (Å²) in [7, 11) is 0. The Morgan fingerprint density at radius 1 is 1.20 bits per heavy atom. The molecule has 0 fully saturated rings. The Morgan fingerprint density at radius 2 is 1.80 bits per heavy atom. The second-order valence-corrected chi connectivity index (χ2v) is 4.11. The van der Waals surface area contributed by atoms with Crippen molar-refractivity contribution in [2.24, 2.45) is 5.73 Å². The third kappa shape index (κ3) is 3.33. The molecular weight excluding hydrogens is 186 g/mol. The number of nitrogens with two attached hydrogens (primary N) is 1. The summed E-state index contributed by atoms with van der Waals surface area (Å²) < 4.78 is 5.38. The first-order chi connectivity index (χ1) is 7.10. The maximum Gasteiger partial charge on any atom is 0.0685 e. The molecule has 0 radical (unpaired) electrons. The summed E-state index contributed by atoms with van der Waals surface area (Å²) in [5.41, 5.74) is 8.28. The molecule has 0 amide bonds. The average Bonchev–Trinajstić information content (AvgIpc) is 2.26. The predicted molar refractivity (Wildman–Crippen MR) is 63.9 cm³/mol. The van der Waals surface area contributed by atoms with E-state index in [-0.39, 0.29) is 5.54 Å². The van der Waals surface area contributed by atoms with E-state index >= 15 is 0 Å². The highest BCUT2D eigenvalue weighted by molar-refractivity contribution is 5.27. The molecule has 2 nitrogen and oxygen atoms in total. The summed E-state index contributed by atoms with van der Waals surface area (Å²) in [5.74, 6) is 0. The van der Waals surface area contributed by atoms with Crippen LogP contribution in [0.2, 0.25) is 0 Å². The number of rotatable bonds is 5. The molecule has 0 spiro atoms. The van der Waals surface area contributed by atoms with Gasteiger partial charge in [-0.15, -0.1) is 0 Å². The molecule has 2 N–H and O–H groups in total. The SMILES string of the molecule is CCOCC(C)(N)c1ccc(CC)cc1. The molecule has 15 heavy (non-hydrogen) atoms. The largest absolute Gasteiger partial charge is 0.379 e. The molecule has 0 aromatic heterocycles. The Kier molecular flexibility index (Phi) is 4.30. The van der Waals surface area contributed by atoms with Crippen LogP contribution in [-0.2, 0) is 16.7 Å². The highest BCUT2D eigenvalue weighted by Crippen LogP contribution is 2.18. The number of hydrogen-bond acceptors (Lipinski definition) is 2. The van der Waals surface area contributed by atoms with Gasteiger partial charge in [0, 0.05) is 6.61 Å². The van der Waals surface area contributed by atoms with Gasteiger partial charge >= 0.3 is 0 Å². The summed E-state index contributed by atoms with van der Waals surface area (Å²) >= 11 is 0. The summed E-state index contributed by atoms with van der Waals surface area (Å²) in [6, 6.07) is 8.45. The summed E-state index contributed by atoms with van der Waals surface area (Å²) in [5, 5.41) is 0. The summed E-state index contributed by atoms with van der Waals surface area (Å²) in [4.78, 5) is 0. The minimum Gasteiger partial charge on any atom is -0.379 e. The van der Waals surface area contributed by atoms with Gasteiger partial charge in [0.15, 0.2) is 0 Å². The molecule has 0 bridgehead atoms. The molecule has 1 unspecified atom stereocenters. The second-order valence-electron chi connectivity index (χ2n) is 4.11. The van der Waals surface area contributed by atoms with Crippen molar-refractivity contribution in [3.63, 3.8) is 0 Å². The van der Waals surface area contributed by atoms with Gasteiger partial charge in [-0.2, -0.15) is 0 Å². The third-order valence-electron chi connectivity index (χ3n) is 2.63. The Balaban J connectivity index is 2.75. The molecular formula is C13H21NO. The third-order valence-corrected chi connectivity index (χ3v) is 2.63. The molecule has 0 aliphatic carbocycles. The van der Waals surface area contributed by atoms with Crippen LogP contribution in [0.25, 0.3) is 0 Å². The molecule has 0 aliphatic rings. The number of benzene rings is 1. The van der Waals surface area contributed by atoms with Gasteiger partial charge in [-0.1, -0.05) is 31.2 Å². The minimum atomic E-state index is -0.387. The van der Waals surface area contributed by atoms with Crippen LogP contribution in [0.15, 0.2) is 24.3 Å². The maximum atomic E-state index is 6.19. The highest BCUT2D eigenvalue weighted by atomic mass is 16.5. The summed E-state index contributed by atoms with van der Waals surface area (Å²) in [6.07, 6.45) is 1.06. The zero-order valence-corrected chi connectivity index (χ0v) is 9.92. The molecule has 84 valence electrons. The molecule has 0 aliphatic heterocycles. The first-order valence-electron chi connectivity index (χ1n) is 5.56. The average molecular weight is 207 g/mol. The van der Waals surface area contributed by atoms with Crippen LogP contribution in [0, 0.1) is 0 Å². The Hall–Kier alpha value is -0.860. The molecule has 2 heteroatoms. The Morgan fingerprint density at radius 3 is 2.27 bits per heavy atom. The molecule has 0 heterocycles. The van der Waals surface area contributed by atoms with Crippen molar-refractivity contribution < 1.29 is 4.74 Å². The fourth-order valence-corrected chi connectivity index (χ4v) is 1.52. The van der Waals surface area contributed by atoms with E-state index in [2.05, 4.69) is 31.2 Å². The van der Waals surface area contributed by atoms with E-state index in [0.717, 1.165) is 12.0 Å². The quantitative estimate of drug-likeness (QED) is 0.805. The molecule has 1 atom stereocenters. The normalized spacial score (nSPS) is 14.9. The second kappa shape index (κ2) is 5.29. The van der Waals surface area contributed by atoms with E-state index < -0.39 is 0 Å². The van der Waals surface area contributed by atoms with Crippen LogP contribution < -0.4 is 5.73 Å². The standard InChI is InChI=1S/C13H21NO/c1-4-11-6-8-12(9-7-11)13(3,14)10-15-5-2/h6-9H,4-5,10,14H2,1-3H3. The maximum absolute atomic E-state index is 6.19. The monoisotopic (exact) mass is 207 g/mol. The molecule has 0 saturated carbocycles. The zero-order valence-electron chi connectivity index (χ0n) is 9.92. The lowest BCUT2D eigenvalue weighted by molar-refractivity contribution is 0.101. The van der Waals surface area contributed by atoms with Crippen molar-refractivity contribution in [3.8, 4) is 0 Å². The van der Waals surface area contributed by atoms with Crippen molar-refractivity contribution in [2.75, 3.05) is 13.2 Å². The van der Waals surface area contributed by atoms with Crippen LogP contribution in [0.4, 0.5) is 0 Å². The fraction of sp³-hybridized carbons (Fsp3) is 0.538. The summed E-state index contributed by atoms with van der Waals surface area (Å²) in [6.45, 7) is 7.41. The van der Waals surface area contributed by atoms with Crippen molar-refractivity contribution in [1.29, 1.82) is 0 Å². The van der Waals surface area contributed by atoms with Crippen LogP contribution in [0.1, 0.15) is 31.9 Å². The topological polar surface area (TPSA) is 35.2 Å². The van der Waals surface area contributed by atoms with Crippen molar-refractivity contribution >= 4 is 0 Å². The van der Waals surface area contributed by atoms with E-state index in [0.29, 0.717) is 13.2 Å². The van der Waals surface area contributed by atoms with Crippen LogP contribution in [-0.4, -0.2) is 13.2 Å². The smallest absolute Gasteiger partial charge is 0.0685 e. The van der Waals surface area contributed by atoms with Gasteiger partial charge in [0.2, 0.25) is 0 Å². The van der Waals surface area contributed by atoms with E-state index in [1.165, 1.54) is 5.56 Å². The van der Waals surface area contributed by atoms with Crippen molar-refractivity contribution in [1.82, 2.24) is 0 Å². The van der Waals surface area contributed by atoms with Gasteiger partial charge in [-0.05, 0) is 31.4 Å². The number of aryl methyl sites for hydroxylation is 1. The lowest BCUT2D eigenvalue weighted by Gasteiger charge is -2.25. The zero-order chi connectivity index (χ0) is 11.3. The van der Waals surface area contributed by atoms with Gasteiger partial charge in [0.25, 0.3) is 0 Å². The number of ether oxygens (including phenoxy) is 1. The van der Waals surface area contributed by atoms with E-state index in [1.807, 2.05) is 13.8 Å². The van der Waals surface area contributed by atoms with Gasteiger partial charge < -0.3 is 10.5 Å². The van der Waals surface area contributed by atoms with Crippen molar-refractivity contribution in [3.05, 3.63) is 35.4 Å². The van der Waals surface area contributed by atoms with Gasteiger partial charge in [0.05, 0.1) is 12.1 Å². The fourth-order valence-electron chi connectivity index (χ4n) is 1.52. The Labute approximate surface area is 92.4 Å². The number of hydrogen-bond donors (Lipinski definition) is 1. The minimum absolute atomic E-state index is 0.387. The van der Waals surface area contributed by atoms with Crippen LogP contribution in [0.3, 0.4) is 0 Å². The lowest BCUT2D eigenvalue weighted by Crippen LogP contribution is -2.38. The first-order valence-corrected chi connectivity index (χ1v) is 5.56.